The highest BCUT2D eigenvalue weighted by Gasteiger charge is 2.30. The number of carbonyl (C=O) groups is 2. The second-order valence-corrected chi connectivity index (χ2v) is 6.24. The van der Waals surface area contributed by atoms with Crippen molar-refractivity contribution in [1.29, 1.82) is 0 Å². The van der Waals surface area contributed by atoms with Crippen LogP contribution in [0.5, 0.6) is 5.75 Å². The minimum Gasteiger partial charge on any atom is -0.493 e. The van der Waals surface area contributed by atoms with Crippen LogP contribution in [0.25, 0.3) is 0 Å². The van der Waals surface area contributed by atoms with Gasteiger partial charge in [0.2, 0.25) is 5.91 Å². The van der Waals surface area contributed by atoms with Crippen molar-refractivity contribution in [2.45, 2.75) is 39.5 Å². The average molecular weight is 319 g/mol. The van der Waals surface area contributed by atoms with Gasteiger partial charge in [-0.1, -0.05) is 12.1 Å². The predicted octanol–water partition coefficient (Wildman–Crippen LogP) is 2.79. The van der Waals surface area contributed by atoms with Gasteiger partial charge in [-0.25, -0.2) is 0 Å². The zero-order valence-corrected chi connectivity index (χ0v) is 13.9. The molecule has 0 unspecified atom stereocenters. The maximum Gasteiger partial charge on any atom is 0.308 e. The molecule has 1 aromatic rings. The summed E-state index contributed by atoms with van der Waals surface area (Å²) in [5.41, 5.74) is 2.28. The van der Waals surface area contributed by atoms with Gasteiger partial charge in [-0.3, -0.25) is 9.59 Å². The first-order valence-corrected chi connectivity index (χ1v) is 8.18. The van der Waals surface area contributed by atoms with E-state index in [9.17, 15) is 9.59 Å². The van der Waals surface area contributed by atoms with E-state index in [0.29, 0.717) is 32.5 Å². The number of nitrogens with zero attached hydrogens (tertiary/aromatic N) is 1. The Kier molecular flexibility index (Phi) is 6.02. The van der Waals surface area contributed by atoms with E-state index in [1.807, 2.05) is 26.0 Å². The number of aliphatic carboxylic acids is 1. The number of unbranched alkanes of at least 4 members (excludes halogenated alkanes) is 1. The number of hydrogen-bond donors (Lipinski definition) is 1. The van der Waals surface area contributed by atoms with Gasteiger partial charge in [0.15, 0.2) is 0 Å². The molecule has 0 saturated carbocycles. The van der Waals surface area contributed by atoms with Crippen molar-refractivity contribution in [1.82, 2.24) is 4.90 Å². The lowest BCUT2D eigenvalue weighted by atomic mass is 10.1. The van der Waals surface area contributed by atoms with Gasteiger partial charge in [-0.05, 0) is 50.3 Å². The lowest BCUT2D eigenvalue weighted by Crippen LogP contribution is -2.29. The van der Waals surface area contributed by atoms with Crippen LogP contribution in [-0.2, 0) is 9.59 Å². The van der Waals surface area contributed by atoms with Crippen LogP contribution in [0.1, 0.15) is 36.8 Å². The third-order valence-corrected chi connectivity index (χ3v) is 4.28. The third-order valence-electron chi connectivity index (χ3n) is 4.28. The minimum absolute atomic E-state index is 0.0560. The van der Waals surface area contributed by atoms with E-state index in [4.69, 9.17) is 9.84 Å². The Morgan fingerprint density at radius 3 is 2.78 bits per heavy atom. The van der Waals surface area contributed by atoms with Crippen molar-refractivity contribution in [3.63, 3.8) is 0 Å². The quantitative estimate of drug-likeness (QED) is 0.785. The van der Waals surface area contributed by atoms with Gasteiger partial charge in [-0.2, -0.15) is 0 Å². The molecule has 1 aromatic carbocycles. The summed E-state index contributed by atoms with van der Waals surface area (Å²) in [6, 6.07) is 6.12. The Labute approximate surface area is 137 Å². The molecule has 23 heavy (non-hydrogen) atoms. The highest BCUT2D eigenvalue weighted by Crippen LogP contribution is 2.20. The smallest absolute Gasteiger partial charge is 0.308 e. The SMILES string of the molecule is Cc1ccc(C)c(OCCCCC(=O)N2CC[C@@H](C(=O)O)C2)c1. The van der Waals surface area contributed by atoms with Crippen LogP contribution in [0.2, 0.25) is 0 Å². The predicted molar refractivity (Wildman–Crippen MR) is 87.6 cm³/mol. The molecule has 0 aromatic heterocycles. The van der Waals surface area contributed by atoms with Crippen molar-refractivity contribution in [2.75, 3.05) is 19.7 Å². The molecular weight excluding hydrogens is 294 g/mol. The second kappa shape index (κ2) is 7.99. The monoisotopic (exact) mass is 319 g/mol. The summed E-state index contributed by atoms with van der Waals surface area (Å²) >= 11 is 0. The number of aryl methyl sites for hydroxylation is 2. The lowest BCUT2D eigenvalue weighted by molar-refractivity contribution is -0.141. The standard InChI is InChI=1S/C18H25NO4/c1-13-6-7-14(2)16(11-13)23-10-4-3-5-17(20)19-9-8-15(12-19)18(21)22/h6-7,11,15H,3-5,8-10,12H2,1-2H3,(H,21,22)/t15-/m1/s1. The summed E-state index contributed by atoms with van der Waals surface area (Å²) in [5, 5.41) is 8.95. The van der Waals surface area contributed by atoms with Crippen molar-refractivity contribution in [3.05, 3.63) is 29.3 Å². The normalized spacial score (nSPS) is 17.3. The first-order chi connectivity index (χ1) is 11.0. The molecule has 1 heterocycles. The van der Waals surface area contributed by atoms with Crippen LogP contribution in [0.4, 0.5) is 0 Å². The van der Waals surface area contributed by atoms with Crippen LogP contribution in [0.3, 0.4) is 0 Å². The molecule has 2 rings (SSSR count). The fourth-order valence-electron chi connectivity index (χ4n) is 2.77. The van der Waals surface area contributed by atoms with Gasteiger partial charge >= 0.3 is 5.97 Å². The summed E-state index contributed by atoms with van der Waals surface area (Å²) in [5.74, 6) is -0.241. The van der Waals surface area contributed by atoms with Gasteiger partial charge in [0.05, 0.1) is 12.5 Å². The fourth-order valence-corrected chi connectivity index (χ4v) is 2.77. The van der Waals surface area contributed by atoms with Crippen LogP contribution < -0.4 is 4.74 Å². The number of carbonyl (C=O) groups excluding carboxylic acids is 1. The van der Waals surface area contributed by atoms with Crippen molar-refractivity contribution in [3.8, 4) is 5.75 Å². The van der Waals surface area contributed by atoms with E-state index >= 15 is 0 Å². The molecule has 0 spiro atoms. The Morgan fingerprint density at radius 1 is 1.30 bits per heavy atom. The summed E-state index contributed by atoms with van der Waals surface area (Å²) in [6.45, 7) is 5.56. The Bertz CT molecular complexity index is 570. The van der Waals surface area contributed by atoms with E-state index < -0.39 is 11.9 Å². The van der Waals surface area contributed by atoms with Gasteiger partial charge in [0.25, 0.3) is 0 Å². The van der Waals surface area contributed by atoms with Crippen molar-refractivity contribution >= 4 is 11.9 Å². The summed E-state index contributed by atoms with van der Waals surface area (Å²) in [7, 11) is 0. The largest absolute Gasteiger partial charge is 0.493 e. The first-order valence-electron chi connectivity index (χ1n) is 8.18. The summed E-state index contributed by atoms with van der Waals surface area (Å²) in [6.07, 6.45) is 2.60. The van der Waals surface area contributed by atoms with Crippen LogP contribution >= 0.6 is 0 Å². The molecule has 1 atom stereocenters. The van der Waals surface area contributed by atoms with E-state index in [0.717, 1.165) is 24.2 Å². The van der Waals surface area contributed by atoms with E-state index in [1.165, 1.54) is 5.56 Å². The molecule has 5 nitrogen and oxygen atoms in total. The second-order valence-electron chi connectivity index (χ2n) is 6.24. The molecule has 1 saturated heterocycles. The zero-order chi connectivity index (χ0) is 16.8. The molecule has 5 heteroatoms. The minimum atomic E-state index is -0.803. The highest BCUT2D eigenvalue weighted by atomic mass is 16.5. The van der Waals surface area contributed by atoms with Gasteiger partial charge in [-0.15, -0.1) is 0 Å². The number of likely N-dealkylation sites (tertiary alicyclic amines) is 1. The molecule has 0 bridgehead atoms. The number of hydrogen-bond acceptors (Lipinski definition) is 3. The number of ether oxygens (including phenoxy) is 1. The Hall–Kier alpha value is -2.04. The Balaban J connectivity index is 1.65. The van der Waals surface area contributed by atoms with E-state index in [2.05, 4.69) is 6.07 Å². The lowest BCUT2D eigenvalue weighted by Gasteiger charge is -2.15. The molecule has 1 fully saturated rings. The van der Waals surface area contributed by atoms with Gasteiger partial charge in [0, 0.05) is 19.5 Å². The zero-order valence-electron chi connectivity index (χ0n) is 13.9. The number of benzene rings is 1. The number of carboxylic acid groups (broad SMARTS) is 1. The molecule has 1 N–H and O–H groups in total. The number of carboxylic acids is 1. The Morgan fingerprint density at radius 2 is 2.09 bits per heavy atom. The van der Waals surface area contributed by atoms with Crippen LogP contribution in [0, 0.1) is 19.8 Å². The van der Waals surface area contributed by atoms with Gasteiger partial charge < -0.3 is 14.7 Å². The van der Waals surface area contributed by atoms with Crippen LogP contribution in [0.15, 0.2) is 18.2 Å². The first kappa shape index (κ1) is 17.3. The summed E-state index contributed by atoms with van der Waals surface area (Å²) < 4.78 is 5.77. The average Bonchev–Trinajstić information content (AvgIpc) is 3.00. The van der Waals surface area contributed by atoms with E-state index in [-0.39, 0.29) is 5.91 Å². The molecule has 1 amide bonds. The third kappa shape index (κ3) is 4.98. The highest BCUT2D eigenvalue weighted by molar-refractivity contribution is 5.78. The molecular formula is C18H25NO4. The topological polar surface area (TPSA) is 66.8 Å². The summed E-state index contributed by atoms with van der Waals surface area (Å²) in [4.78, 5) is 24.6. The van der Waals surface area contributed by atoms with Crippen molar-refractivity contribution in [2.24, 2.45) is 5.92 Å². The number of rotatable bonds is 7. The molecule has 0 aliphatic carbocycles. The maximum absolute atomic E-state index is 12.0. The molecule has 0 radical (unpaired) electrons. The van der Waals surface area contributed by atoms with Crippen molar-refractivity contribution < 1.29 is 19.4 Å². The number of amides is 1. The maximum atomic E-state index is 12.0. The molecule has 1 aliphatic heterocycles. The molecule has 126 valence electrons. The molecule has 1 aliphatic rings. The van der Waals surface area contributed by atoms with Crippen LogP contribution in [-0.4, -0.2) is 41.6 Å². The van der Waals surface area contributed by atoms with E-state index in [1.54, 1.807) is 4.90 Å². The fraction of sp³-hybridized carbons (Fsp3) is 0.556. The van der Waals surface area contributed by atoms with Gasteiger partial charge in [0.1, 0.15) is 5.75 Å².